The summed E-state index contributed by atoms with van der Waals surface area (Å²) in [5, 5.41) is 12.4. The van der Waals surface area contributed by atoms with Crippen molar-refractivity contribution < 1.29 is 27.9 Å². The van der Waals surface area contributed by atoms with Crippen LogP contribution < -0.4 is 5.32 Å². The van der Waals surface area contributed by atoms with Crippen LogP contribution >= 0.6 is 0 Å². The first-order valence-electron chi connectivity index (χ1n) is 9.94. The van der Waals surface area contributed by atoms with Gasteiger partial charge in [0.15, 0.2) is 0 Å². The van der Waals surface area contributed by atoms with E-state index in [4.69, 9.17) is 0 Å². The summed E-state index contributed by atoms with van der Waals surface area (Å²) in [6.45, 7) is 0. The summed E-state index contributed by atoms with van der Waals surface area (Å²) >= 11 is 0. The fourth-order valence-electron chi connectivity index (χ4n) is 3.53. The van der Waals surface area contributed by atoms with E-state index in [1.807, 2.05) is 30.3 Å². The molecular formula is C24H18F3N3O3. The Morgan fingerprint density at radius 1 is 1.00 bits per heavy atom. The summed E-state index contributed by atoms with van der Waals surface area (Å²) in [7, 11) is 0. The molecule has 0 aliphatic rings. The number of carboxylic acid groups (broad SMARTS) is 1. The average Bonchev–Trinajstić information content (AvgIpc) is 3.20. The van der Waals surface area contributed by atoms with Crippen molar-refractivity contribution in [3.63, 3.8) is 0 Å². The second-order valence-corrected chi connectivity index (χ2v) is 7.43. The fourth-order valence-corrected chi connectivity index (χ4v) is 3.53. The Bertz CT molecular complexity index is 1320. The van der Waals surface area contributed by atoms with Gasteiger partial charge < -0.3 is 15.0 Å². The molecule has 0 radical (unpaired) electrons. The number of nitrogens with zero attached hydrogens (tertiary/aromatic N) is 2. The van der Waals surface area contributed by atoms with Gasteiger partial charge in [-0.2, -0.15) is 13.2 Å². The molecule has 33 heavy (non-hydrogen) atoms. The topological polar surface area (TPSA) is 84.2 Å². The van der Waals surface area contributed by atoms with Crippen molar-refractivity contribution in [2.24, 2.45) is 0 Å². The molecule has 0 spiro atoms. The first kappa shape index (κ1) is 22.1. The molecule has 1 atom stereocenters. The van der Waals surface area contributed by atoms with Crippen LogP contribution in [0.2, 0.25) is 0 Å². The Labute approximate surface area is 186 Å². The SMILES string of the molecule is O=C(Nc1ccc2ncn(C(Cc3ccccc3)C(=O)O)c2c1)c1cccc(C(F)(F)F)c1. The van der Waals surface area contributed by atoms with E-state index in [2.05, 4.69) is 10.3 Å². The number of carbonyl (C=O) groups excluding carboxylic acids is 1. The molecule has 0 saturated carbocycles. The number of carboxylic acids is 1. The average molecular weight is 453 g/mol. The molecule has 1 heterocycles. The third kappa shape index (κ3) is 4.87. The van der Waals surface area contributed by atoms with Gasteiger partial charge in [-0.15, -0.1) is 0 Å². The maximum absolute atomic E-state index is 12.9. The van der Waals surface area contributed by atoms with Crippen LogP contribution in [-0.4, -0.2) is 26.5 Å². The first-order valence-corrected chi connectivity index (χ1v) is 9.94. The number of aliphatic carboxylic acids is 1. The molecule has 3 aromatic carbocycles. The van der Waals surface area contributed by atoms with Crippen LogP contribution in [-0.2, 0) is 17.4 Å². The largest absolute Gasteiger partial charge is 0.480 e. The van der Waals surface area contributed by atoms with E-state index in [1.165, 1.54) is 17.0 Å². The van der Waals surface area contributed by atoms with E-state index in [-0.39, 0.29) is 12.0 Å². The van der Waals surface area contributed by atoms with Crippen LogP contribution in [0.1, 0.15) is 27.5 Å². The molecule has 1 aromatic heterocycles. The first-order chi connectivity index (χ1) is 15.7. The highest BCUT2D eigenvalue weighted by atomic mass is 19.4. The normalized spacial score (nSPS) is 12.5. The van der Waals surface area contributed by atoms with Crippen LogP contribution in [0.25, 0.3) is 11.0 Å². The zero-order valence-corrected chi connectivity index (χ0v) is 17.1. The van der Waals surface area contributed by atoms with Gasteiger partial charge in [0.05, 0.1) is 22.9 Å². The minimum Gasteiger partial charge on any atom is -0.480 e. The number of rotatable bonds is 6. The summed E-state index contributed by atoms with van der Waals surface area (Å²) in [5.74, 6) is -1.76. The highest BCUT2D eigenvalue weighted by Crippen LogP contribution is 2.30. The lowest BCUT2D eigenvalue weighted by Gasteiger charge is -2.16. The number of hydrogen-bond donors (Lipinski definition) is 2. The summed E-state index contributed by atoms with van der Waals surface area (Å²) in [6.07, 6.45) is -2.92. The molecule has 0 saturated heterocycles. The lowest BCUT2D eigenvalue weighted by molar-refractivity contribution is -0.141. The van der Waals surface area contributed by atoms with Crippen LogP contribution in [0.4, 0.5) is 18.9 Å². The third-order valence-corrected chi connectivity index (χ3v) is 5.18. The molecule has 9 heteroatoms. The molecule has 168 valence electrons. The Hall–Kier alpha value is -4.14. The number of halogens is 3. The van der Waals surface area contributed by atoms with E-state index < -0.39 is 29.7 Å². The number of anilines is 1. The van der Waals surface area contributed by atoms with Crippen molar-refractivity contribution in [3.8, 4) is 0 Å². The highest BCUT2D eigenvalue weighted by Gasteiger charge is 2.31. The molecule has 0 fully saturated rings. The zero-order valence-electron chi connectivity index (χ0n) is 17.1. The number of carbonyl (C=O) groups is 2. The predicted molar refractivity (Wildman–Crippen MR) is 116 cm³/mol. The van der Waals surface area contributed by atoms with Gasteiger partial charge in [-0.05, 0) is 42.0 Å². The molecule has 4 rings (SSSR count). The van der Waals surface area contributed by atoms with Crippen LogP contribution in [0.15, 0.2) is 79.1 Å². The number of fused-ring (bicyclic) bond motifs is 1. The second kappa shape index (κ2) is 8.78. The summed E-state index contributed by atoms with van der Waals surface area (Å²) in [6, 6.07) is 17.0. The summed E-state index contributed by atoms with van der Waals surface area (Å²) < 4.78 is 40.4. The van der Waals surface area contributed by atoms with Crippen LogP contribution in [0.3, 0.4) is 0 Å². The lowest BCUT2D eigenvalue weighted by atomic mass is 10.1. The van der Waals surface area contributed by atoms with Gasteiger partial charge >= 0.3 is 12.1 Å². The maximum Gasteiger partial charge on any atom is 0.416 e. The number of hydrogen-bond acceptors (Lipinski definition) is 3. The van der Waals surface area contributed by atoms with Crippen molar-refractivity contribution in [1.29, 1.82) is 0 Å². The van der Waals surface area contributed by atoms with Crippen LogP contribution in [0.5, 0.6) is 0 Å². The minimum atomic E-state index is -4.56. The van der Waals surface area contributed by atoms with Crippen molar-refractivity contribution in [2.75, 3.05) is 5.32 Å². The van der Waals surface area contributed by atoms with Crippen molar-refractivity contribution in [3.05, 3.63) is 95.8 Å². The number of nitrogens with one attached hydrogen (secondary N) is 1. The van der Waals surface area contributed by atoms with Crippen molar-refractivity contribution >= 4 is 28.6 Å². The minimum absolute atomic E-state index is 0.147. The standard InChI is InChI=1S/C24H18F3N3O3/c25-24(26,27)17-8-4-7-16(12-17)22(31)29-18-9-10-19-20(13-18)30(14-28-19)21(23(32)33)11-15-5-2-1-3-6-15/h1-10,12-14,21H,11H2,(H,29,31)(H,32,33). The lowest BCUT2D eigenvalue weighted by Crippen LogP contribution is -2.21. The van der Waals surface area contributed by atoms with Crippen LogP contribution in [0, 0.1) is 0 Å². The number of aromatic nitrogens is 2. The molecule has 2 N–H and O–H groups in total. The van der Waals surface area contributed by atoms with Crippen molar-refractivity contribution in [2.45, 2.75) is 18.6 Å². The molecular weight excluding hydrogens is 435 g/mol. The van der Waals surface area contributed by atoms with Gasteiger partial charge in [-0.1, -0.05) is 36.4 Å². The van der Waals surface area contributed by atoms with E-state index in [1.54, 1.807) is 18.2 Å². The maximum atomic E-state index is 12.9. The second-order valence-electron chi connectivity index (χ2n) is 7.43. The molecule has 4 aromatic rings. The highest BCUT2D eigenvalue weighted by molar-refractivity contribution is 6.05. The molecule has 1 amide bonds. The Morgan fingerprint density at radius 2 is 1.76 bits per heavy atom. The van der Waals surface area contributed by atoms with Crippen molar-refractivity contribution in [1.82, 2.24) is 9.55 Å². The molecule has 0 aliphatic heterocycles. The van der Waals surface area contributed by atoms with Gasteiger partial charge in [0.1, 0.15) is 6.04 Å². The molecule has 6 nitrogen and oxygen atoms in total. The Kier molecular flexibility index (Phi) is 5.87. The third-order valence-electron chi connectivity index (χ3n) is 5.18. The summed E-state index contributed by atoms with van der Waals surface area (Å²) in [5.41, 5.74) is 1.06. The molecule has 0 aliphatic carbocycles. The van der Waals surface area contributed by atoms with Gasteiger partial charge in [0, 0.05) is 17.7 Å². The van der Waals surface area contributed by atoms with Gasteiger partial charge in [-0.3, -0.25) is 4.79 Å². The van der Waals surface area contributed by atoms with Gasteiger partial charge in [0.2, 0.25) is 0 Å². The molecule has 1 unspecified atom stereocenters. The number of imidazole rings is 1. The fraction of sp³-hybridized carbons (Fsp3) is 0.125. The van der Waals surface area contributed by atoms with E-state index in [0.29, 0.717) is 16.7 Å². The predicted octanol–water partition coefficient (Wildman–Crippen LogP) is 5.18. The number of benzene rings is 3. The van der Waals surface area contributed by atoms with E-state index >= 15 is 0 Å². The quantitative estimate of drug-likeness (QED) is 0.422. The number of amides is 1. The van der Waals surface area contributed by atoms with E-state index in [0.717, 1.165) is 23.8 Å². The van der Waals surface area contributed by atoms with E-state index in [9.17, 15) is 27.9 Å². The molecule has 0 bridgehead atoms. The Morgan fingerprint density at radius 3 is 2.45 bits per heavy atom. The van der Waals surface area contributed by atoms with Gasteiger partial charge in [0.25, 0.3) is 5.91 Å². The number of alkyl halides is 3. The summed E-state index contributed by atoms with van der Waals surface area (Å²) in [4.78, 5) is 28.8. The zero-order chi connectivity index (χ0) is 23.6. The smallest absolute Gasteiger partial charge is 0.416 e. The Balaban J connectivity index is 1.63. The monoisotopic (exact) mass is 453 g/mol. The van der Waals surface area contributed by atoms with Gasteiger partial charge in [-0.25, -0.2) is 9.78 Å².